The highest BCUT2D eigenvalue weighted by molar-refractivity contribution is 9.10. The van der Waals surface area contributed by atoms with Gasteiger partial charge in [0.25, 0.3) is 0 Å². The fourth-order valence-electron chi connectivity index (χ4n) is 2.62. The van der Waals surface area contributed by atoms with E-state index in [1.54, 1.807) is 11.3 Å². The van der Waals surface area contributed by atoms with Crippen molar-refractivity contribution in [2.24, 2.45) is 5.73 Å². The number of nitrogens with two attached hydrogens (primary N) is 1. The molecule has 0 radical (unpaired) electrons. The van der Waals surface area contributed by atoms with Crippen molar-refractivity contribution >= 4 is 27.3 Å². The highest BCUT2D eigenvalue weighted by Crippen LogP contribution is 2.34. The molecule has 1 aliphatic rings. The molecule has 0 atom stereocenters. The number of fused-ring (bicyclic) bond motifs is 1. The van der Waals surface area contributed by atoms with Crippen molar-refractivity contribution in [3.05, 3.63) is 56.2 Å². The molecule has 0 amide bonds. The van der Waals surface area contributed by atoms with Gasteiger partial charge in [-0.05, 0) is 51.3 Å². The summed E-state index contributed by atoms with van der Waals surface area (Å²) in [5.74, 6) is 0. The first-order valence-electron chi connectivity index (χ1n) is 5.74. The lowest BCUT2D eigenvalue weighted by molar-refractivity contribution is 0.449. The molecule has 1 aromatic carbocycles. The van der Waals surface area contributed by atoms with Gasteiger partial charge in [0.1, 0.15) is 0 Å². The summed E-state index contributed by atoms with van der Waals surface area (Å²) in [6.45, 7) is 0. The second-order valence-corrected chi connectivity index (χ2v) is 6.71. The van der Waals surface area contributed by atoms with E-state index in [2.05, 4.69) is 51.6 Å². The summed E-state index contributed by atoms with van der Waals surface area (Å²) in [5, 5.41) is 2.12. The van der Waals surface area contributed by atoms with Gasteiger partial charge >= 0.3 is 0 Å². The maximum absolute atomic E-state index is 6.56. The molecule has 1 aromatic heterocycles. The Hall–Kier alpha value is -0.640. The zero-order chi connectivity index (χ0) is 11.9. The quantitative estimate of drug-likeness (QED) is 0.902. The largest absolute Gasteiger partial charge is 0.324 e. The van der Waals surface area contributed by atoms with E-state index in [9.17, 15) is 0 Å². The van der Waals surface area contributed by atoms with Crippen molar-refractivity contribution in [3.8, 4) is 0 Å². The molecule has 0 saturated heterocycles. The molecule has 0 spiro atoms. The molecule has 0 aliphatic heterocycles. The average Bonchev–Trinajstić information content (AvgIpc) is 2.82. The highest BCUT2D eigenvalue weighted by atomic mass is 79.9. The average molecular weight is 308 g/mol. The van der Waals surface area contributed by atoms with Gasteiger partial charge in [0.2, 0.25) is 0 Å². The summed E-state index contributed by atoms with van der Waals surface area (Å²) in [6.07, 6.45) is 2.95. The number of hydrogen-bond acceptors (Lipinski definition) is 2. The van der Waals surface area contributed by atoms with Crippen LogP contribution in [0.1, 0.15) is 16.0 Å². The molecule has 1 heterocycles. The SMILES string of the molecule is NC1(Cc2sccc2Br)Cc2ccccc2C1. The predicted molar refractivity (Wildman–Crippen MR) is 76.5 cm³/mol. The summed E-state index contributed by atoms with van der Waals surface area (Å²) in [4.78, 5) is 1.36. The van der Waals surface area contributed by atoms with E-state index < -0.39 is 0 Å². The van der Waals surface area contributed by atoms with E-state index >= 15 is 0 Å². The number of benzene rings is 1. The van der Waals surface area contributed by atoms with Gasteiger partial charge in [0, 0.05) is 21.3 Å². The Morgan fingerprint density at radius 1 is 1.18 bits per heavy atom. The van der Waals surface area contributed by atoms with Crippen LogP contribution in [-0.4, -0.2) is 5.54 Å². The van der Waals surface area contributed by atoms with Gasteiger partial charge in [-0.3, -0.25) is 0 Å². The van der Waals surface area contributed by atoms with Crippen LogP contribution in [0.15, 0.2) is 40.2 Å². The van der Waals surface area contributed by atoms with E-state index in [1.807, 2.05) is 0 Å². The molecular weight excluding hydrogens is 294 g/mol. The molecule has 0 bridgehead atoms. The van der Waals surface area contributed by atoms with Crippen molar-refractivity contribution < 1.29 is 0 Å². The Labute approximate surface area is 114 Å². The van der Waals surface area contributed by atoms with Gasteiger partial charge in [-0.2, -0.15) is 0 Å². The number of halogens is 1. The zero-order valence-corrected chi connectivity index (χ0v) is 11.9. The van der Waals surface area contributed by atoms with Crippen molar-refractivity contribution in [3.63, 3.8) is 0 Å². The van der Waals surface area contributed by atoms with Crippen LogP contribution in [0.3, 0.4) is 0 Å². The molecule has 0 saturated carbocycles. The number of rotatable bonds is 2. The van der Waals surface area contributed by atoms with E-state index in [0.29, 0.717) is 0 Å². The van der Waals surface area contributed by atoms with Crippen LogP contribution in [0.5, 0.6) is 0 Å². The second kappa shape index (κ2) is 4.23. The first-order valence-corrected chi connectivity index (χ1v) is 7.41. The van der Waals surface area contributed by atoms with Gasteiger partial charge in [-0.25, -0.2) is 0 Å². The van der Waals surface area contributed by atoms with Crippen molar-refractivity contribution in [1.82, 2.24) is 0 Å². The Balaban J connectivity index is 1.84. The molecule has 88 valence electrons. The third-order valence-corrected chi connectivity index (χ3v) is 5.33. The van der Waals surface area contributed by atoms with E-state index in [1.165, 1.54) is 20.5 Å². The lowest BCUT2D eigenvalue weighted by Crippen LogP contribution is -2.42. The Morgan fingerprint density at radius 2 is 1.82 bits per heavy atom. The van der Waals surface area contributed by atoms with Crippen LogP contribution in [0.2, 0.25) is 0 Å². The minimum Gasteiger partial charge on any atom is -0.324 e. The minimum atomic E-state index is -0.100. The van der Waals surface area contributed by atoms with Crippen LogP contribution in [-0.2, 0) is 19.3 Å². The number of hydrogen-bond donors (Lipinski definition) is 1. The third kappa shape index (κ3) is 2.19. The van der Waals surface area contributed by atoms with E-state index in [4.69, 9.17) is 5.73 Å². The molecule has 2 N–H and O–H groups in total. The highest BCUT2D eigenvalue weighted by Gasteiger charge is 2.34. The maximum Gasteiger partial charge on any atom is 0.0315 e. The third-order valence-electron chi connectivity index (χ3n) is 3.41. The first kappa shape index (κ1) is 11.5. The summed E-state index contributed by atoms with van der Waals surface area (Å²) < 4.78 is 1.20. The van der Waals surface area contributed by atoms with E-state index in [0.717, 1.165) is 19.3 Å². The van der Waals surface area contributed by atoms with Gasteiger partial charge < -0.3 is 5.73 Å². The molecule has 0 unspecified atom stereocenters. The Bertz CT molecular complexity index is 522. The van der Waals surface area contributed by atoms with Crippen LogP contribution in [0.25, 0.3) is 0 Å². The Morgan fingerprint density at radius 3 is 2.35 bits per heavy atom. The molecule has 17 heavy (non-hydrogen) atoms. The molecule has 3 heteroatoms. The van der Waals surface area contributed by atoms with Crippen LogP contribution in [0, 0.1) is 0 Å². The molecular formula is C14H14BrNS. The summed E-state index contributed by atoms with van der Waals surface area (Å²) in [7, 11) is 0. The molecule has 0 fully saturated rings. The fourth-order valence-corrected chi connectivity index (χ4v) is 4.27. The lowest BCUT2D eigenvalue weighted by atomic mass is 9.92. The smallest absolute Gasteiger partial charge is 0.0315 e. The summed E-state index contributed by atoms with van der Waals surface area (Å²) in [6, 6.07) is 10.7. The topological polar surface area (TPSA) is 26.0 Å². The Kier molecular flexibility index (Phi) is 2.85. The zero-order valence-electron chi connectivity index (χ0n) is 9.45. The van der Waals surface area contributed by atoms with Crippen molar-refractivity contribution in [2.75, 3.05) is 0 Å². The van der Waals surface area contributed by atoms with Crippen LogP contribution in [0.4, 0.5) is 0 Å². The van der Waals surface area contributed by atoms with Crippen molar-refractivity contribution in [1.29, 1.82) is 0 Å². The lowest BCUT2D eigenvalue weighted by Gasteiger charge is -2.23. The number of thiophene rings is 1. The maximum atomic E-state index is 6.56. The van der Waals surface area contributed by atoms with E-state index in [-0.39, 0.29) is 5.54 Å². The second-order valence-electron chi connectivity index (χ2n) is 4.85. The van der Waals surface area contributed by atoms with Gasteiger partial charge in [-0.1, -0.05) is 24.3 Å². The van der Waals surface area contributed by atoms with Gasteiger partial charge in [0.05, 0.1) is 0 Å². The summed E-state index contributed by atoms with van der Waals surface area (Å²) in [5.41, 5.74) is 9.29. The van der Waals surface area contributed by atoms with Crippen LogP contribution >= 0.6 is 27.3 Å². The monoisotopic (exact) mass is 307 g/mol. The summed E-state index contributed by atoms with van der Waals surface area (Å²) >= 11 is 5.37. The van der Waals surface area contributed by atoms with Crippen LogP contribution < -0.4 is 5.73 Å². The predicted octanol–water partition coefficient (Wildman–Crippen LogP) is 3.55. The molecule has 2 aromatic rings. The molecule has 1 aliphatic carbocycles. The first-order chi connectivity index (χ1) is 8.16. The molecule has 3 rings (SSSR count). The normalized spacial score (nSPS) is 17.1. The molecule has 1 nitrogen and oxygen atoms in total. The fraction of sp³-hybridized carbons (Fsp3) is 0.286. The minimum absolute atomic E-state index is 0.100. The van der Waals surface area contributed by atoms with Crippen molar-refractivity contribution in [2.45, 2.75) is 24.8 Å². The van der Waals surface area contributed by atoms with Gasteiger partial charge in [0.15, 0.2) is 0 Å². The standard InChI is InChI=1S/C14H14BrNS/c15-12-5-6-17-13(12)9-14(16)7-10-3-1-2-4-11(10)8-14/h1-6H,7-9,16H2. The van der Waals surface area contributed by atoms with Gasteiger partial charge in [-0.15, -0.1) is 11.3 Å².